The summed E-state index contributed by atoms with van der Waals surface area (Å²) in [7, 11) is 1.32. The Bertz CT molecular complexity index is 595. The van der Waals surface area contributed by atoms with Crippen LogP contribution in [0.25, 0.3) is 0 Å². The number of allylic oxidation sites excluding steroid dienone is 1. The number of carbonyl (C=O) groups is 1. The number of fused-ring (bicyclic) bond motifs is 1. The fraction of sp³-hybridized carbons (Fsp3) is 0.471. The lowest BCUT2D eigenvalue weighted by Crippen LogP contribution is -2.48. The highest BCUT2D eigenvalue weighted by molar-refractivity contribution is 9.10. The molecule has 1 N–H and O–H groups in total. The molecule has 4 nitrogen and oxygen atoms in total. The van der Waals surface area contributed by atoms with Gasteiger partial charge in [-0.05, 0) is 36.6 Å². The van der Waals surface area contributed by atoms with Crippen molar-refractivity contribution in [3.05, 3.63) is 46.1 Å². The van der Waals surface area contributed by atoms with E-state index in [0.717, 1.165) is 29.3 Å². The summed E-state index contributed by atoms with van der Waals surface area (Å²) in [4.78, 5) is 11.9. The van der Waals surface area contributed by atoms with Crippen LogP contribution in [0.1, 0.15) is 37.2 Å². The first-order valence-corrected chi connectivity index (χ1v) is 8.30. The molecule has 0 unspecified atom stereocenters. The molecule has 2 aliphatic rings. The molecule has 0 amide bonds. The number of hydrogen-bond donors (Lipinski definition) is 1. The third-order valence-corrected chi connectivity index (χ3v) is 5.10. The number of halogens is 1. The van der Waals surface area contributed by atoms with E-state index >= 15 is 0 Å². The number of hydrogen-bond acceptors (Lipinski definition) is 4. The molecule has 1 heterocycles. The molecule has 0 aromatic heterocycles. The highest BCUT2D eigenvalue weighted by atomic mass is 79.9. The molecule has 1 fully saturated rings. The van der Waals surface area contributed by atoms with Gasteiger partial charge in [-0.3, -0.25) is 0 Å². The van der Waals surface area contributed by atoms with Gasteiger partial charge in [-0.25, -0.2) is 4.79 Å². The fourth-order valence-corrected chi connectivity index (χ4v) is 3.73. The van der Waals surface area contributed by atoms with Crippen molar-refractivity contribution >= 4 is 21.9 Å². The quantitative estimate of drug-likeness (QED) is 0.813. The van der Waals surface area contributed by atoms with E-state index in [1.807, 2.05) is 24.3 Å². The highest BCUT2D eigenvalue weighted by Gasteiger charge is 2.49. The van der Waals surface area contributed by atoms with Crippen LogP contribution in [0.3, 0.4) is 0 Å². The smallest absolute Gasteiger partial charge is 0.373 e. The first-order chi connectivity index (χ1) is 10.5. The summed E-state index contributed by atoms with van der Waals surface area (Å²) in [5.41, 5.74) is 1.07. The summed E-state index contributed by atoms with van der Waals surface area (Å²) in [6.07, 6.45) is 5.17. The zero-order valence-electron chi connectivity index (χ0n) is 12.4. The Kier molecular flexibility index (Phi) is 4.28. The van der Waals surface area contributed by atoms with Gasteiger partial charge in [-0.1, -0.05) is 34.5 Å². The van der Waals surface area contributed by atoms with Gasteiger partial charge in [0.05, 0.1) is 7.11 Å². The minimum Gasteiger partial charge on any atom is -0.463 e. The van der Waals surface area contributed by atoms with Crippen molar-refractivity contribution < 1.29 is 19.4 Å². The topological polar surface area (TPSA) is 55.8 Å². The second-order valence-corrected chi connectivity index (χ2v) is 6.81. The molecule has 0 spiro atoms. The maximum absolute atomic E-state index is 11.9. The van der Waals surface area contributed by atoms with Crippen LogP contribution in [0.15, 0.2) is 40.6 Å². The Morgan fingerprint density at radius 3 is 2.77 bits per heavy atom. The van der Waals surface area contributed by atoms with Crippen molar-refractivity contribution in [1.82, 2.24) is 0 Å². The minimum atomic E-state index is -1.28. The van der Waals surface area contributed by atoms with E-state index < -0.39 is 11.8 Å². The molecule has 5 heteroatoms. The second kappa shape index (κ2) is 6.05. The molecule has 118 valence electrons. The first kappa shape index (κ1) is 15.6. The summed E-state index contributed by atoms with van der Waals surface area (Å²) in [5, 5.41) is 10.9. The van der Waals surface area contributed by atoms with Crippen LogP contribution < -0.4 is 0 Å². The third-order valence-electron chi connectivity index (χ3n) is 4.57. The lowest BCUT2D eigenvalue weighted by Gasteiger charge is -2.46. The summed E-state index contributed by atoms with van der Waals surface area (Å²) >= 11 is 3.43. The van der Waals surface area contributed by atoms with E-state index in [1.54, 1.807) is 6.08 Å². The van der Waals surface area contributed by atoms with Gasteiger partial charge >= 0.3 is 5.97 Å². The summed E-state index contributed by atoms with van der Waals surface area (Å²) in [6.45, 7) is 0. The first-order valence-electron chi connectivity index (χ1n) is 7.50. The van der Waals surface area contributed by atoms with Gasteiger partial charge in [0.15, 0.2) is 0 Å². The Labute approximate surface area is 138 Å². The van der Waals surface area contributed by atoms with Crippen molar-refractivity contribution in [2.45, 2.75) is 37.4 Å². The van der Waals surface area contributed by atoms with Gasteiger partial charge in [0.2, 0.25) is 11.5 Å². The SMILES string of the molecule is COC(=O)C1=C[C@@H](c2ccc(Br)cc2)[C@H]2CCCC[C@@]2(O)O1. The fourth-order valence-electron chi connectivity index (χ4n) is 3.47. The number of aliphatic hydroxyl groups is 1. The number of methoxy groups -OCH3 is 1. The third kappa shape index (κ3) is 2.79. The van der Waals surface area contributed by atoms with Gasteiger partial charge in [0, 0.05) is 22.7 Å². The van der Waals surface area contributed by atoms with Gasteiger partial charge < -0.3 is 14.6 Å². The Hall–Kier alpha value is -1.33. The average molecular weight is 367 g/mol. The zero-order valence-corrected chi connectivity index (χ0v) is 14.0. The molecule has 0 radical (unpaired) electrons. The number of rotatable bonds is 2. The number of benzene rings is 1. The van der Waals surface area contributed by atoms with Gasteiger partial charge in [0.25, 0.3) is 0 Å². The molecule has 1 aromatic rings. The monoisotopic (exact) mass is 366 g/mol. The van der Waals surface area contributed by atoms with Crippen LogP contribution in [0, 0.1) is 5.92 Å². The van der Waals surface area contributed by atoms with E-state index in [-0.39, 0.29) is 17.6 Å². The largest absolute Gasteiger partial charge is 0.463 e. The molecule has 0 bridgehead atoms. The lowest BCUT2D eigenvalue weighted by atomic mass is 9.71. The summed E-state index contributed by atoms with van der Waals surface area (Å²) in [6, 6.07) is 7.97. The van der Waals surface area contributed by atoms with Crippen molar-refractivity contribution in [1.29, 1.82) is 0 Å². The van der Waals surface area contributed by atoms with E-state index in [4.69, 9.17) is 9.47 Å². The maximum Gasteiger partial charge on any atom is 0.373 e. The Morgan fingerprint density at radius 1 is 1.36 bits per heavy atom. The van der Waals surface area contributed by atoms with Crippen LogP contribution >= 0.6 is 15.9 Å². The van der Waals surface area contributed by atoms with E-state index in [0.29, 0.717) is 6.42 Å². The van der Waals surface area contributed by atoms with Crippen molar-refractivity contribution in [3.63, 3.8) is 0 Å². The molecule has 1 aliphatic heterocycles. The van der Waals surface area contributed by atoms with Gasteiger partial charge in [-0.2, -0.15) is 0 Å². The van der Waals surface area contributed by atoms with Crippen molar-refractivity contribution in [3.8, 4) is 0 Å². The van der Waals surface area contributed by atoms with Crippen LogP contribution in [0.2, 0.25) is 0 Å². The van der Waals surface area contributed by atoms with E-state index in [9.17, 15) is 9.90 Å². The Balaban J connectivity index is 2.03. The number of esters is 1. The zero-order chi connectivity index (χ0) is 15.7. The minimum absolute atomic E-state index is 0.0455. The molecular weight excluding hydrogens is 348 g/mol. The normalized spacial score (nSPS) is 30.8. The Morgan fingerprint density at radius 2 is 2.09 bits per heavy atom. The van der Waals surface area contributed by atoms with Crippen molar-refractivity contribution in [2.24, 2.45) is 5.92 Å². The molecule has 1 aromatic carbocycles. The molecule has 0 saturated heterocycles. The van der Waals surface area contributed by atoms with Crippen LogP contribution in [-0.4, -0.2) is 24.0 Å². The van der Waals surface area contributed by atoms with Gasteiger partial charge in [0.1, 0.15) is 0 Å². The average Bonchev–Trinajstić information content (AvgIpc) is 2.53. The number of carbonyl (C=O) groups excluding carboxylic acids is 1. The molecular formula is C17H19BrO4. The predicted molar refractivity (Wildman–Crippen MR) is 85.0 cm³/mol. The molecule has 1 saturated carbocycles. The van der Waals surface area contributed by atoms with E-state index in [1.165, 1.54) is 7.11 Å². The lowest BCUT2D eigenvalue weighted by molar-refractivity contribution is -0.243. The summed E-state index contributed by atoms with van der Waals surface area (Å²) in [5.74, 6) is -1.82. The van der Waals surface area contributed by atoms with Crippen LogP contribution in [0.5, 0.6) is 0 Å². The summed E-state index contributed by atoms with van der Waals surface area (Å²) < 4.78 is 11.4. The van der Waals surface area contributed by atoms with Crippen LogP contribution in [0.4, 0.5) is 0 Å². The predicted octanol–water partition coefficient (Wildman–Crippen LogP) is 3.50. The molecule has 3 atom stereocenters. The van der Waals surface area contributed by atoms with Gasteiger partial charge in [-0.15, -0.1) is 0 Å². The maximum atomic E-state index is 11.9. The molecule has 3 rings (SSSR count). The standard InChI is InChI=1S/C17H19BrO4/c1-21-16(19)15-10-13(11-5-7-12(18)8-6-11)14-4-2-3-9-17(14,20)22-15/h5-8,10,13-14,20H,2-4,9H2,1H3/t13-,14+,17+/m0/s1. The van der Waals surface area contributed by atoms with Crippen molar-refractivity contribution in [2.75, 3.05) is 7.11 Å². The molecule has 1 aliphatic carbocycles. The highest BCUT2D eigenvalue weighted by Crippen LogP contribution is 2.48. The molecule has 22 heavy (non-hydrogen) atoms. The van der Waals surface area contributed by atoms with Crippen LogP contribution in [-0.2, 0) is 14.3 Å². The van der Waals surface area contributed by atoms with E-state index in [2.05, 4.69) is 15.9 Å². The number of ether oxygens (including phenoxy) is 2. The second-order valence-electron chi connectivity index (χ2n) is 5.90.